The predicted octanol–water partition coefficient (Wildman–Crippen LogP) is 4.07. The second-order valence-corrected chi connectivity index (χ2v) is 4.45. The van der Waals surface area contributed by atoms with Crippen LogP contribution in [0.5, 0.6) is 5.75 Å². The molecule has 1 aromatic carbocycles. The van der Waals surface area contributed by atoms with Crippen LogP contribution >= 0.6 is 0 Å². The topological polar surface area (TPSA) is 9.23 Å². The number of methoxy groups -OCH3 is 1. The summed E-state index contributed by atoms with van der Waals surface area (Å²) in [6.45, 7) is 8.65. The van der Waals surface area contributed by atoms with E-state index in [1.807, 2.05) is 0 Å². The number of rotatable bonds is 4. The molecule has 0 spiro atoms. The Morgan fingerprint density at radius 2 is 1.81 bits per heavy atom. The van der Waals surface area contributed by atoms with Crippen LogP contribution in [-0.4, -0.2) is 7.11 Å². The van der Waals surface area contributed by atoms with E-state index in [-0.39, 0.29) is 0 Å². The van der Waals surface area contributed by atoms with E-state index < -0.39 is 0 Å². The van der Waals surface area contributed by atoms with Crippen molar-refractivity contribution in [3.63, 3.8) is 0 Å². The van der Waals surface area contributed by atoms with Crippen LogP contribution in [0.25, 0.3) is 0 Å². The van der Waals surface area contributed by atoms with Crippen LogP contribution in [0.3, 0.4) is 0 Å². The first-order valence-corrected chi connectivity index (χ1v) is 5.85. The van der Waals surface area contributed by atoms with E-state index in [1.54, 1.807) is 7.11 Å². The maximum Gasteiger partial charge on any atom is 0.119 e. The van der Waals surface area contributed by atoms with Crippen LogP contribution in [0.1, 0.15) is 30.5 Å². The molecule has 0 aliphatic rings. The molecule has 1 heteroatoms. The largest absolute Gasteiger partial charge is 0.497 e. The lowest BCUT2D eigenvalue weighted by Gasteiger charge is -2.14. The lowest BCUT2D eigenvalue weighted by atomic mass is 9.93. The number of ether oxygens (including phenoxy) is 1. The average Bonchev–Trinajstić information content (AvgIpc) is 2.23. The van der Waals surface area contributed by atoms with Gasteiger partial charge in [0.2, 0.25) is 0 Å². The fraction of sp³-hybridized carbons (Fsp3) is 0.467. The Bertz CT molecular complexity index is 354. The zero-order valence-electron chi connectivity index (χ0n) is 11.0. The molecule has 0 radical (unpaired) electrons. The monoisotopic (exact) mass is 218 g/mol. The normalized spacial score (nSPS) is 13.1. The van der Waals surface area contributed by atoms with Crippen molar-refractivity contribution in [1.82, 2.24) is 0 Å². The van der Waals surface area contributed by atoms with Crippen LogP contribution in [0, 0.1) is 19.8 Å². The Labute approximate surface area is 99.1 Å². The van der Waals surface area contributed by atoms with Crippen LogP contribution in [0.4, 0.5) is 0 Å². The van der Waals surface area contributed by atoms with Gasteiger partial charge in [-0.2, -0.15) is 0 Å². The summed E-state index contributed by atoms with van der Waals surface area (Å²) in [5, 5.41) is 0. The highest BCUT2D eigenvalue weighted by Crippen LogP contribution is 2.24. The Balaban J connectivity index is 2.96. The quantitative estimate of drug-likeness (QED) is 0.692. The second-order valence-electron chi connectivity index (χ2n) is 4.45. The number of benzene rings is 1. The SMILES string of the molecule is C/C=C\C(C)Cc1c(C)cc(OC)cc1C. The van der Waals surface area contributed by atoms with Crippen molar-refractivity contribution >= 4 is 0 Å². The Hall–Kier alpha value is -1.24. The molecule has 1 nitrogen and oxygen atoms in total. The molecule has 0 bridgehead atoms. The fourth-order valence-electron chi connectivity index (χ4n) is 2.11. The van der Waals surface area contributed by atoms with E-state index in [1.165, 1.54) is 16.7 Å². The van der Waals surface area contributed by atoms with E-state index in [0.717, 1.165) is 12.2 Å². The third-order valence-electron chi connectivity index (χ3n) is 2.95. The number of aryl methyl sites for hydroxylation is 2. The van der Waals surface area contributed by atoms with Crippen molar-refractivity contribution < 1.29 is 4.74 Å². The molecule has 1 rings (SSSR count). The second kappa shape index (κ2) is 5.74. The molecule has 0 aliphatic carbocycles. The van der Waals surface area contributed by atoms with Gasteiger partial charge in [0.1, 0.15) is 5.75 Å². The molecule has 0 amide bonds. The lowest BCUT2D eigenvalue weighted by molar-refractivity contribution is 0.414. The average molecular weight is 218 g/mol. The summed E-state index contributed by atoms with van der Waals surface area (Å²) in [7, 11) is 1.72. The summed E-state index contributed by atoms with van der Waals surface area (Å²) in [5.41, 5.74) is 4.10. The van der Waals surface area contributed by atoms with Crippen LogP contribution < -0.4 is 4.74 Å². The molecule has 0 fully saturated rings. The van der Waals surface area contributed by atoms with Gasteiger partial charge < -0.3 is 4.74 Å². The lowest BCUT2D eigenvalue weighted by Crippen LogP contribution is -2.01. The molecule has 0 aliphatic heterocycles. The molecule has 0 aromatic heterocycles. The maximum atomic E-state index is 5.27. The van der Waals surface area contributed by atoms with Gasteiger partial charge in [-0.15, -0.1) is 0 Å². The van der Waals surface area contributed by atoms with Crippen molar-refractivity contribution in [3.05, 3.63) is 41.0 Å². The van der Waals surface area contributed by atoms with Gasteiger partial charge in [-0.1, -0.05) is 19.1 Å². The first-order chi connectivity index (χ1) is 7.58. The van der Waals surface area contributed by atoms with E-state index in [0.29, 0.717) is 5.92 Å². The highest BCUT2D eigenvalue weighted by Gasteiger charge is 2.08. The van der Waals surface area contributed by atoms with Crippen molar-refractivity contribution in [2.75, 3.05) is 7.11 Å². The molecule has 0 saturated heterocycles. The summed E-state index contributed by atoms with van der Waals surface area (Å²) < 4.78 is 5.27. The highest BCUT2D eigenvalue weighted by molar-refractivity contribution is 5.41. The minimum Gasteiger partial charge on any atom is -0.497 e. The molecule has 1 unspecified atom stereocenters. The Morgan fingerprint density at radius 3 is 2.25 bits per heavy atom. The van der Waals surface area contributed by atoms with Gasteiger partial charge in [0.15, 0.2) is 0 Å². The van der Waals surface area contributed by atoms with Crippen molar-refractivity contribution in [2.24, 2.45) is 5.92 Å². The van der Waals surface area contributed by atoms with Gasteiger partial charge in [0, 0.05) is 0 Å². The first kappa shape index (κ1) is 12.8. The summed E-state index contributed by atoms with van der Waals surface area (Å²) >= 11 is 0. The van der Waals surface area contributed by atoms with Crippen LogP contribution in [-0.2, 0) is 6.42 Å². The van der Waals surface area contributed by atoms with Gasteiger partial charge in [0.05, 0.1) is 7.11 Å². The molecule has 1 aromatic rings. The summed E-state index contributed by atoms with van der Waals surface area (Å²) in [6, 6.07) is 4.23. The Kier molecular flexibility index (Phi) is 4.60. The summed E-state index contributed by atoms with van der Waals surface area (Å²) in [6.07, 6.45) is 5.48. The molecule has 1 atom stereocenters. The molecule has 88 valence electrons. The van der Waals surface area contributed by atoms with E-state index in [2.05, 4.69) is 52.0 Å². The third kappa shape index (κ3) is 3.13. The maximum absolute atomic E-state index is 5.27. The third-order valence-corrected chi connectivity index (χ3v) is 2.95. The summed E-state index contributed by atoms with van der Waals surface area (Å²) in [4.78, 5) is 0. The number of hydrogen-bond acceptors (Lipinski definition) is 1. The van der Waals surface area contributed by atoms with Gasteiger partial charge in [0.25, 0.3) is 0 Å². The van der Waals surface area contributed by atoms with Crippen LogP contribution in [0.2, 0.25) is 0 Å². The molecule has 0 saturated carbocycles. The molecular formula is C15H22O. The molecule has 0 heterocycles. The van der Waals surface area contributed by atoms with Crippen molar-refractivity contribution in [2.45, 2.75) is 34.1 Å². The van der Waals surface area contributed by atoms with E-state index >= 15 is 0 Å². The molecule has 16 heavy (non-hydrogen) atoms. The fourth-order valence-corrected chi connectivity index (χ4v) is 2.11. The summed E-state index contributed by atoms with van der Waals surface area (Å²) in [5.74, 6) is 1.55. The Morgan fingerprint density at radius 1 is 1.25 bits per heavy atom. The number of hydrogen-bond donors (Lipinski definition) is 0. The van der Waals surface area contributed by atoms with E-state index in [4.69, 9.17) is 4.74 Å². The van der Waals surface area contributed by atoms with Crippen LogP contribution in [0.15, 0.2) is 24.3 Å². The van der Waals surface area contributed by atoms with Gasteiger partial charge in [-0.3, -0.25) is 0 Å². The van der Waals surface area contributed by atoms with Gasteiger partial charge in [-0.05, 0) is 61.9 Å². The molecule has 0 N–H and O–H groups in total. The van der Waals surface area contributed by atoms with Gasteiger partial charge in [-0.25, -0.2) is 0 Å². The predicted molar refractivity (Wildman–Crippen MR) is 70.2 cm³/mol. The highest BCUT2D eigenvalue weighted by atomic mass is 16.5. The van der Waals surface area contributed by atoms with E-state index in [9.17, 15) is 0 Å². The minimum absolute atomic E-state index is 0.593. The minimum atomic E-state index is 0.593. The molecular weight excluding hydrogens is 196 g/mol. The smallest absolute Gasteiger partial charge is 0.119 e. The van der Waals surface area contributed by atoms with Crippen molar-refractivity contribution in [1.29, 1.82) is 0 Å². The number of allylic oxidation sites excluding steroid dienone is 2. The zero-order chi connectivity index (χ0) is 12.1. The van der Waals surface area contributed by atoms with Gasteiger partial charge >= 0.3 is 0 Å². The first-order valence-electron chi connectivity index (χ1n) is 5.85. The zero-order valence-corrected chi connectivity index (χ0v) is 11.0. The standard InChI is InChI=1S/C15H22O/c1-6-7-11(2)8-15-12(3)9-14(16-5)10-13(15)4/h6-7,9-11H,8H2,1-5H3/b7-6-. The van der Waals surface area contributed by atoms with Crippen molar-refractivity contribution in [3.8, 4) is 5.75 Å².